The van der Waals surface area contributed by atoms with Gasteiger partial charge in [0.05, 0.1) is 12.8 Å². The number of fused-ring (bicyclic) bond motifs is 1. The third-order valence-corrected chi connectivity index (χ3v) is 5.22. The molecule has 25 heavy (non-hydrogen) atoms. The van der Waals surface area contributed by atoms with Crippen LogP contribution in [0.15, 0.2) is 23.2 Å². The van der Waals surface area contributed by atoms with Crippen molar-refractivity contribution in [3.05, 3.63) is 29.3 Å². The number of benzene rings is 1. The molecule has 1 heterocycles. The molecule has 0 radical (unpaired) electrons. The topological polar surface area (TPSA) is 77.2 Å². The van der Waals surface area contributed by atoms with E-state index >= 15 is 0 Å². The molecule has 1 aromatic rings. The Morgan fingerprint density at radius 2 is 2.32 bits per heavy atom. The number of hydrogen-bond donors (Lipinski definition) is 1. The van der Waals surface area contributed by atoms with Crippen LogP contribution in [0.2, 0.25) is 0 Å². The fourth-order valence-corrected chi connectivity index (χ4v) is 3.99. The molecule has 1 aromatic carbocycles. The molecule has 136 valence electrons. The molecule has 6 heteroatoms. The van der Waals surface area contributed by atoms with Crippen LogP contribution in [0.4, 0.5) is 10.5 Å². The average molecular weight is 345 g/mol. The lowest BCUT2D eigenvalue weighted by Crippen LogP contribution is -2.41. The van der Waals surface area contributed by atoms with Crippen molar-refractivity contribution in [3.8, 4) is 0 Å². The number of rotatable bonds is 4. The van der Waals surface area contributed by atoms with E-state index in [1.165, 1.54) is 18.2 Å². The molecule has 2 aliphatic rings. The Balaban J connectivity index is 1.96. The van der Waals surface area contributed by atoms with E-state index in [0.29, 0.717) is 6.61 Å². The second kappa shape index (κ2) is 6.94. The monoisotopic (exact) mass is 345 g/mol. The zero-order chi connectivity index (χ0) is 18.0. The maximum Gasteiger partial charge on any atom is 0.414 e. The fourth-order valence-electron chi connectivity index (χ4n) is 3.99. The second-order valence-electron chi connectivity index (χ2n) is 7.03. The van der Waals surface area contributed by atoms with Crippen molar-refractivity contribution in [1.29, 1.82) is 0 Å². The van der Waals surface area contributed by atoms with Gasteiger partial charge in [0.1, 0.15) is 12.1 Å². The molecule has 0 fully saturated rings. The minimum absolute atomic E-state index is 0.0864. The number of nitrogens with two attached hydrogens (primary N) is 1. The maximum absolute atomic E-state index is 12.5. The molecular weight excluding hydrogens is 318 g/mol. The van der Waals surface area contributed by atoms with E-state index in [4.69, 9.17) is 15.2 Å². The van der Waals surface area contributed by atoms with E-state index in [0.717, 1.165) is 37.8 Å². The number of aliphatic imine (C=N–C) groups is 1. The van der Waals surface area contributed by atoms with Gasteiger partial charge in [-0.05, 0) is 43.4 Å². The first kappa shape index (κ1) is 17.6. The highest BCUT2D eigenvalue weighted by atomic mass is 16.5. The SMILES string of the molecule is CCCC(C)N(C(=O)OC)c1cccc2c1CCC1(COC(N)=N1)C2. The number of methoxy groups -OCH3 is 1. The number of hydrogen-bond acceptors (Lipinski definition) is 5. The smallest absolute Gasteiger partial charge is 0.414 e. The van der Waals surface area contributed by atoms with Crippen molar-refractivity contribution < 1.29 is 14.3 Å². The van der Waals surface area contributed by atoms with E-state index in [2.05, 4.69) is 24.9 Å². The molecule has 6 nitrogen and oxygen atoms in total. The van der Waals surface area contributed by atoms with Crippen LogP contribution in [0.1, 0.15) is 44.2 Å². The van der Waals surface area contributed by atoms with Gasteiger partial charge in [-0.25, -0.2) is 9.79 Å². The average Bonchev–Trinajstić information content (AvgIpc) is 2.95. The van der Waals surface area contributed by atoms with E-state index in [1.54, 1.807) is 4.90 Å². The molecule has 0 saturated heterocycles. The third-order valence-electron chi connectivity index (χ3n) is 5.22. The van der Waals surface area contributed by atoms with Gasteiger partial charge in [0, 0.05) is 12.5 Å². The summed E-state index contributed by atoms with van der Waals surface area (Å²) in [7, 11) is 1.44. The van der Waals surface area contributed by atoms with Crippen molar-refractivity contribution in [2.45, 2.75) is 57.5 Å². The number of carbonyl (C=O) groups excluding carboxylic acids is 1. The summed E-state index contributed by atoms with van der Waals surface area (Å²) in [6.07, 6.45) is 4.14. The zero-order valence-electron chi connectivity index (χ0n) is 15.2. The molecule has 0 saturated carbocycles. The largest absolute Gasteiger partial charge is 0.463 e. The van der Waals surface area contributed by atoms with Crippen molar-refractivity contribution in [2.24, 2.45) is 10.7 Å². The summed E-state index contributed by atoms with van der Waals surface area (Å²) in [6.45, 7) is 4.73. The lowest BCUT2D eigenvalue weighted by atomic mass is 9.78. The van der Waals surface area contributed by atoms with Crippen molar-refractivity contribution in [1.82, 2.24) is 0 Å². The summed E-state index contributed by atoms with van der Waals surface area (Å²) >= 11 is 0. The predicted molar refractivity (Wildman–Crippen MR) is 98.0 cm³/mol. The summed E-state index contributed by atoms with van der Waals surface area (Å²) in [6, 6.07) is 6.51. The molecule has 1 aliphatic carbocycles. The Hall–Kier alpha value is -2.24. The van der Waals surface area contributed by atoms with Gasteiger partial charge >= 0.3 is 6.09 Å². The molecular formula is C19H27N3O3. The molecule has 1 amide bonds. The second-order valence-corrected chi connectivity index (χ2v) is 7.03. The normalized spacial score (nSPS) is 22.8. The minimum Gasteiger partial charge on any atom is -0.463 e. The van der Waals surface area contributed by atoms with E-state index in [-0.39, 0.29) is 23.7 Å². The fraction of sp³-hybridized carbons (Fsp3) is 0.579. The first-order chi connectivity index (χ1) is 12.0. The lowest BCUT2D eigenvalue weighted by molar-refractivity contribution is 0.176. The lowest BCUT2D eigenvalue weighted by Gasteiger charge is -2.35. The standard InChI is InChI=1S/C19H27N3O3/c1-4-6-13(2)22(18(23)24-3)16-8-5-7-14-11-19(10-9-15(14)16)12-25-17(20)21-19/h5,7-8,13H,4,6,9-12H2,1-3H3,(H2,20,21). The van der Waals surface area contributed by atoms with Gasteiger partial charge in [0.15, 0.2) is 0 Å². The van der Waals surface area contributed by atoms with Crippen LogP contribution in [-0.2, 0) is 22.3 Å². The van der Waals surface area contributed by atoms with E-state index < -0.39 is 0 Å². The first-order valence-corrected chi connectivity index (χ1v) is 8.96. The van der Waals surface area contributed by atoms with Crippen LogP contribution < -0.4 is 10.6 Å². The van der Waals surface area contributed by atoms with Gasteiger partial charge in [-0.2, -0.15) is 0 Å². The molecule has 0 aromatic heterocycles. The molecule has 1 spiro atoms. The number of amides is 1. The Morgan fingerprint density at radius 3 is 2.96 bits per heavy atom. The number of anilines is 1. The summed E-state index contributed by atoms with van der Waals surface area (Å²) in [5.74, 6) is 0. The van der Waals surface area contributed by atoms with Gasteiger partial charge < -0.3 is 15.2 Å². The van der Waals surface area contributed by atoms with Crippen molar-refractivity contribution >= 4 is 17.8 Å². The Bertz CT molecular complexity index is 688. The first-order valence-electron chi connectivity index (χ1n) is 8.96. The van der Waals surface area contributed by atoms with Gasteiger partial charge in [0.25, 0.3) is 6.02 Å². The molecule has 0 bridgehead atoms. The highest BCUT2D eigenvalue weighted by molar-refractivity contribution is 5.89. The number of ether oxygens (including phenoxy) is 2. The molecule has 2 atom stereocenters. The molecule has 3 rings (SSSR count). The maximum atomic E-state index is 12.5. The Morgan fingerprint density at radius 1 is 1.52 bits per heavy atom. The van der Waals surface area contributed by atoms with Crippen LogP contribution in [0.3, 0.4) is 0 Å². The summed E-state index contributed by atoms with van der Waals surface area (Å²) in [4.78, 5) is 18.8. The van der Waals surface area contributed by atoms with Crippen LogP contribution in [0.25, 0.3) is 0 Å². The molecule has 2 N–H and O–H groups in total. The summed E-state index contributed by atoms with van der Waals surface area (Å²) in [5, 5.41) is 0. The summed E-state index contributed by atoms with van der Waals surface area (Å²) < 4.78 is 10.5. The molecule has 2 unspecified atom stereocenters. The van der Waals surface area contributed by atoms with Gasteiger partial charge in [-0.1, -0.05) is 25.5 Å². The highest BCUT2D eigenvalue weighted by Crippen LogP contribution is 2.39. The number of amidine groups is 1. The minimum atomic E-state index is -0.305. The highest BCUT2D eigenvalue weighted by Gasteiger charge is 2.40. The van der Waals surface area contributed by atoms with Crippen LogP contribution >= 0.6 is 0 Å². The van der Waals surface area contributed by atoms with Crippen LogP contribution in [0.5, 0.6) is 0 Å². The van der Waals surface area contributed by atoms with Gasteiger partial charge in [-0.3, -0.25) is 4.90 Å². The van der Waals surface area contributed by atoms with Crippen molar-refractivity contribution in [2.75, 3.05) is 18.6 Å². The number of nitrogens with zero attached hydrogens (tertiary/aromatic N) is 2. The van der Waals surface area contributed by atoms with Crippen LogP contribution in [0, 0.1) is 0 Å². The summed E-state index contributed by atoms with van der Waals surface area (Å²) in [5.41, 5.74) is 8.85. The quantitative estimate of drug-likeness (QED) is 0.910. The number of carbonyl (C=O) groups is 1. The van der Waals surface area contributed by atoms with Crippen LogP contribution in [-0.4, -0.2) is 37.4 Å². The van der Waals surface area contributed by atoms with Crippen molar-refractivity contribution in [3.63, 3.8) is 0 Å². The van der Waals surface area contributed by atoms with E-state index in [1.807, 2.05) is 12.1 Å². The van der Waals surface area contributed by atoms with Gasteiger partial charge in [0.2, 0.25) is 0 Å². The van der Waals surface area contributed by atoms with Gasteiger partial charge in [-0.15, -0.1) is 0 Å². The zero-order valence-corrected chi connectivity index (χ0v) is 15.2. The predicted octanol–water partition coefficient (Wildman–Crippen LogP) is 3.02. The Labute approximate surface area is 149 Å². The third kappa shape index (κ3) is 3.30. The molecule has 1 aliphatic heterocycles. The van der Waals surface area contributed by atoms with E-state index in [9.17, 15) is 4.79 Å². The Kier molecular flexibility index (Phi) is 4.88.